The maximum atomic E-state index is 12.4. The first-order chi connectivity index (χ1) is 10.8. The maximum Gasteiger partial charge on any atom is 0.229 e. The molecule has 2 heterocycles. The van der Waals surface area contributed by atoms with Gasteiger partial charge in [-0.1, -0.05) is 0 Å². The van der Waals surface area contributed by atoms with Gasteiger partial charge in [0.15, 0.2) is 0 Å². The largest absolute Gasteiger partial charge is 0.465 e. The Morgan fingerprint density at radius 3 is 2.57 bits per heavy atom. The molecule has 1 aliphatic carbocycles. The predicted molar refractivity (Wildman–Crippen MR) is 88.7 cm³/mol. The molecule has 2 fully saturated rings. The molecule has 1 N–H and O–H groups in total. The molecule has 7 heteroatoms. The van der Waals surface area contributed by atoms with Gasteiger partial charge < -0.3 is 14.5 Å². The topological polar surface area (TPSA) is 54.7 Å². The van der Waals surface area contributed by atoms with E-state index in [1.807, 2.05) is 19.1 Å². The van der Waals surface area contributed by atoms with Gasteiger partial charge in [-0.2, -0.15) is 0 Å². The van der Waals surface area contributed by atoms with Crippen molar-refractivity contribution in [3.8, 4) is 0 Å². The van der Waals surface area contributed by atoms with Crippen LogP contribution in [0.15, 0.2) is 16.5 Å². The lowest BCUT2D eigenvalue weighted by atomic mass is 10.1. The summed E-state index contributed by atoms with van der Waals surface area (Å²) in [5.41, 5.74) is -0.704. The fourth-order valence-corrected chi connectivity index (χ4v) is 3.67. The number of carbonyl (C=O) groups excluding carboxylic acids is 1. The Hall–Kier alpha value is -0.750. The molecule has 2 atom stereocenters. The van der Waals surface area contributed by atoms with Crippen LogP contribution in [0.3, 0.4) is 0 Å². The quantitative estimate of drug-likeness (QED) is 0.820. The van der Waals surface area contributed by atoms with Crippen molar-refractivity contribution < 1.29 is 13.9 Å². The van der Waals surface area contributed by atoms with Gasteiger partial charge in [-0.3, -0.25) is 9.69 Å². The van der Waals surface area contributed by atoms with Crippen molar-refractivity contribution in [2.45, 2.75) is 30.6 Å². The number of rotatable bonds is 5. The van der Waals surface area contributed by atoms with E-state index in [0.29, 0.717) is 26.2 Å². The Kier molecular flexibility index (Phi) is 4.67. The lowest BCUT2D eigenvalue weighted by molar-refractivity contribution is -0.126. The third kappa shape index (κ3) is 3.38. The lowest BCUT2D eigenvalue weighted by Gasteiger charge is -2.33. The zero-order valence-electron chi connectivity index (χ0n) is 13.4. The van der Waals surface area contributed by atoms with Gasteiger partial charge in [0.1, 0.15) is 15.9 Å². The fraction of sp³-hybridized carbons (Fsp3) is 0.688. The molecule has 1 aromatic heterocycles. The minimum atomic E-state index is -0.952. The summed E-state index contributed by atoms with van der Waals surface area (Å²) in [7, 11) is 0. The van der Waals surface area contributed by atoms with Crippen molar-refractivity contribution >= 4 is 29.1 Å². The van der Waals surface area contributed by atoms with E-state index in [-0.39, 0.29) is 11.9 Å². The SMILES string of the molecule is Cc1ccc([C@H](CNC(=O)[C@@]2(C)CC2(Cl)Cl)N2CCOCC2)o1. The van der Waals surface area contributed by atoms with Crippen LogP contribution in [0.4, 0.5) is 0 Å². The molecule has 1 amide bonds. The maximum absolute atomic E-state index is 12.4. The molecule has 3 rings (SSSR count). The summed E-state index contributed by atoms with van der Waals surface area (Å²) < 4.78 is 10.2. The van der Waals surface area contributed by atoms with E-state index >= 15 is 0 Å². The molecule has 0 unspecified atom stereocenters. The highest BCUT2D eigenvalue weighted by Crippen LogP contribution is 2.63. The Balaban J connectivity index is 1.68. The van der Waals surface area contributed by atoms with Crippen LogP contribution in [0.5, 0.6) is 0 Å². The van der Waals surface area contributed by atoms with Crippen LogP contribution in [0.2, 0.25) is 0 Å². The van der Waals surface area contributed by atoms with Crippen LogP contribution < -0.4 is 5.32 Å². The van der Waals surface area contributed by atoms with Crippen molar-refractivity contribution in [2.24, 2.45) is 5.41 Å². The van der Waals surface area contributed by atoms with Crippen LogP contribution in [0.25, 0.3) is 0 Å². The van der Waals surface area contributed by atoms with Gasteiger partial charge in [0.25, 0.3) is 0 Å². The standard InChI is InChI=1S/C16H22Cl2N2O3/c1-11-3-4-13(23-11)12(20-5-7-22-8-6-20)9-19-14(21)15(2)10-16(15,17)18/h3-4,12H,5-10H2,1-2H3,(H,19,21)/t12-,15+/m0/s1. The predicted octanol–water partition coefficient (Wildman–Crippen LogP) is 2.66. The van der Waals surface area contributed by atoms with Gasteiger partial charge in [0, 0.05) is 19.6 Å². The summed E-state index contributed by atoms with van der Waals surface area (Å²) in [4.78, 5) is 14.7. The summed E-state index contributed by atoms with van der Waals surface area (Å²) in [6.07, 6.45) is 0.483. The average Bonchev–Trinajstić information content (AvgIpc) is 2.83. The van der Waals surface area contributed by atoms with Crippen LogP contribution in [0.1, 0.15) is 30.9 Å². The summed E-state index contributed by atoms with van der Waals surface area (Å²) in [5, 5.41) is 3.00. The minimum Gasteiger partial charge on any atom is -0.465 e. The molecule has 1 saturated carbocycles. The van der Waals surface area contributed by atoms with Gasteiger partial charge >= 0.3 is 0 Å². The Morgan fingerprint density at radius 2 is 2.04 bits per heavy atom. The van der Waals surface area contributed by atoms with Crippen LogP contribution in [0, 0.1) is 12.3 Å². The van der Waals surface area contributed by atoms with E-state index in [1.54, 1.807) is 6.92 Å². The number of furan rings is 1. The number of carbonyl (C=O) groups is 1. The first-order valence-electron chi connectivity index (χ1n) is 7.88. The highest BCUT2D eigenvalue weighted by atomic mass is 35.5. The Morgan fingerprint density at radius 1 is 1.39 bits per heavy atom. The number of nitrogens with one attached hydrogen (secondary N) is 1. The second kappa shape index (κ2) is 6.28. The third-order valence-corrected chi connectivity index (χ3v) is 5.89. The summed E-state index contributed by atoms with van der Waals surface area (Å²) in [6, 6.07) is 3.89. The van der Waals surface area contributed by atoms with Crippen LogP contribution in [-0.2, 0) is 9.53 Å². The van der Waals surface area contributed by atoms with E-state index in [1.165, 1.54) is 0 Å². The molecule has 0 radical (unpaired) electrons. The second-order valence-corrected chi connectivity index (χ2v) is 8.02. The van der Waals surface area contributed by atoms with Gasteiger partial charge in [0.2, 0.25) is 5.91 Å². The number of hydrogen-bond donors (Lipinski definition) is 1. The average molecular weight is 361 g/mol. The molecule has 0 aromatic carbocycles. The van der Waals surface area contributed by atoms with E-state index in [4.69, 9.17) is 32.4 Å². The fourth-order valence-electron chi connectivity index (χ4n) is 2.96. The van der Waals surface area contributed by atoms with Crippen molar-refractivity contribution in [1.82, 2.24) is 10.2 Å². The van der Waals surface area contributed by atoms with E-state index in [2.05, 4.69) is 10.2 Å². The molecule has 1 aromatic rings. The van der Waals surface area contributed by atoms with Crippen molar-refractivity contribution in [3.05, 3.63) is 23.7 Å². The van der Waals surface area contributed by atoms with E-state index < -0.39 is 9.75 Å². The normalized spacial score (nSPS) is 28.3. The van der Waals surface area contributed by atoms with Crippen LogP contribution >= 0.6 is 23.2 Å². The molecule has 2 aliphatic rings. The number of aryl methyl sites for hydroxylation is 1. The summed E-state index contributed by atoms with van der Waals surface area (Å²) >= 11 is 12.2. The summed E-state index contributed by atoms with van der Waals surface area (Å²) in [5.74, 6) is 1.61. The number of nitrogens with zero attached hydrogens (tertiary/aromatic N) is 1. The molecule has 23 heavy (non-hydrogen) atoms. The zero-order chi connectivity index (χ0) is 16.7. The zero-order valence-corrected chi connectivity index (χ0v) is 14.9. The molecule has 0 spiro atoms. The molecule has 1 aliphatic heterocycles. The molecule has 5 nitrogen and oxygen atoms in total. The number of morpholine rings is 1. The van der Waals surface area contributed by atoms with Gasteiger partial charge in [-0.15, -0.1) is 23.2 Å². The van der Waals surface area contributed by atoms with Crippen molar-refractivity contribution in [3.63, 3.8) is 0 Å². The first-order valence-corrected chi connectivity index (χ1v) is 8.63. The van der Waals surface area contributed by atoms with E-state index in [9.17, 15) is 4.79 Å². The van der Waals surface area contributed by atoms with Crippen molar-refractivity contribution in [1.29, 1.82) is 0 Å². The number of alkyl halides is 2. The Bertz CT molecular complexity index is 584. The van der Waals surface area contributed by atoms with Gasteiger partial charge in [-0.25, -0.2) is 0 Å². The van der Waals surface area contributed by atoms with Gasteiger partial charge in [0.05, 0.1) is 24.7 Å². The number of hydrogen-bond acceptors (Lipinski definition) is 4. The lowest BCUT2D eigenvalue weighted by Crippen LogP contribution is -2.45. The number of halogens is 2. The molecule has 128 valence electrons. The molecule has 0 bridgehead atoms. The number of amides is 1. The highest BCUT2D eigenvalue weighted by molar-refractivity contribution is 6.53. The highest BCUT2D eigenvalue weighted by Gasteiger charge is 2.67. The van der Waals surface area contributed by atoms with Gasteiger partial charge in [-0.05, 0) is 32.4 Å². The number of ether oxygens (including phenoxy) is 1. The van der Waals surface area contributed by atoms with Crippen molar-refractivity contribution in [2.75, 3.05) is 32.8 Å². The molecule has 1 saturated heterocycles. The molecular formula is C16H22Cl2N2O3. The monoisotopic (exact) mass is 360 g/mol. The third-order valence-electron chi connectivity index (χ3n) is 4.79. The summed E-state index contributed by atoms with van der Waals surface area (Å²) in [6.45, 7) is 7.18. The first kappa shape index (κ1) is 17.1. The Labute approximate surface area is 146 Å². The second-order valence-electron chi connectivity index (χ2n) is 6.54. The van der Waals surface area contributed by atoms with Crippen LogP contribution in [-0.4, -0.2) is 48.0 Å². The molecular weight excluding hydrogens is 339 g/mol. The van der Waals surface area contributed by atoms with E-state index in [0.717, 1.165) is 24.6 Å². The minimum absolute atomic E-state index is 0.0149. The smallest absolute Gasteiger partial charge is 0.229 e.